The quantitative estimate of drug-likeness (QED) is 0.470. The lowest BCUT2D eigenvalue weighted by Crippen LogP contribution is -1.88. The van der Waals surface area contributed by atoms with Crippen LogP contribution in [0.2, 0.25) is 0 Å². The Kier molecular flexibility index (Phi) is 2.00. The molecule has 0 radical (unpaired) electrons. The molecule has 86 valence electrons. The molecule has 0 atom stereocenters. The lowest BCUT2D eigenvalue weighted by molar-refractivity contribution is 1.16. The second kappa shape index (κ2) is 3.56. The number of para-hydroxylation sites is 2. The molecule has 0 fully saturated rings. The standard InChI is InChI=1S/C15H9BrN2/c16-14-11-6-2-4-8-13(11)18-9-17-12-7-3-1-5-10(12)15(14)18/h1-9H. The minimum absolute atomic E-state index is 1.02. The van der Waals surface area contributed by atoms with Crippen LogP contribution in [0.3, 0.4) is 0 Å². The normalized spacial score (nSPS) is 11.6. The fourth-order valence-corrected chi connectivity index (χ4v) is 3.24. The van der Waals surface area contributed by atoms with Crippen molar-refractivity contribution in [3.63, 3.8) is 0 Å². The Hall–Kier alpha value is -1.87. The first-order valence-electron chi connectivity index (χ1n) is 5.78. The highest BCUT2D eigenvalue weighted by Gasteiger charge is 2.11. The van der Waals surface area contributed by atoms with Crippen molar-refractivity contribution >= 4 is 43.3 Å². The fourth-order valence-electron chi connectivity index (χ4n) is 2.50. The molecule has 0 amide bonds. The van der Waals surface area contributed by atoms with E-state index in [0.29, 0.717) is 0 Å². The highest BCUT2D eigenvalue weighted by molar-refractivity contribution is 9.10. The van der Waals surface area contributed by atoms with E-state index in [2.05, 4.69) is 55.6 Å². The van der Waals surface area contributed by atoms with E-state index in [1.165, 1.54) is 21.8 Å². The first kappa shape index (κ1) is 10.1. The third-order valence-corrected chi connectivity index (χ3v) is 4.12. The Balaban J connectivity index is 2.39. The first-order valence-corrected chi connectivity index (χ1v) is 6.57. The van der Waals surface area contributed by atoms with Gasteiger partial charge in [-0.15, -0.1) is 0 Å². The molecule has 2 aromatic heterocycles. The van der Waals surface area contributed by atoms with Crippen LogP contribution in [0.4, 0.5) is 0 Å². The van der Waals surface area contributed by atoms with Gasteiger partial charge in [-0.3, -0.25) is 4.40 Å². The van der Waals surface area contributed by atoms with E-state index in [1.807, 2.05) is 24.5 Å². The van der Waals surface area contributed by atoms with Gasteiger partial charge in [-0.1, -0.05) is 36.4 Å². The minimum Gasteiger partial charge on any atom is -0.299 e. The Morgan fingerprint density at radius 2 is 1.61 bits per heavy atom. The molecule has 0 aliphatic carbocycles. The molecule has 2 heterocycles. The molecule has 0 bridgehead atoms. The maximum absolute atomic E-state index is 4.51. The number of aromatic nitrogens is 2. The number of fused-ring (bicyclic) bond motifs is 5. The van der Waals surface area contributed by atoms with Crippen LogP contribution in [0, 0.1) is 0 Å². The van der Waals surface area contributed by atoms with Gasteiger partial charge < -0.3 is 0 Å². The van der Waals surface area contributed by atoms with Gasteiger partial charge in [0.1, 0.15) is 6.33 Å². The fraction of sp³-hybridized carbons (Fsp3) is 0. The number of rotatable bonds is 0. The number of benzene rings is 2. The van der Waals surface area contributed by atoms with Crippen LogP contribution in [-0.4, -0.2) is 9.38 Å². The van der Waals surface area contributed by atoms with Crippen molar-refractivity contribution < 1.29 is 0 Å². The summed E-state index contributed by atoms with van der Waals surface area (Å²) in [5.41, 5.74) is 3.38. The van der Waals surface area contributed by atoms with Crippen LogP contribution in [0.15, 0.2) is 59.3 Å². The molecule has 2 aromatic carbocycles. The predicted molar refractivity (Wildman–Crippen MR) is 77.9 cm³/mol. The van der Waals surface area contributed by atoms with Crippen molar-refractivity contribution in [2.75, 3.05) is 0 Å². The highest BCUT2D eigenvalue weighted by Crippen LogP contribution is 2.34. The van der Waals surface area contributed by atoms with Crippen LogP contribution >= 0.6 is 15.9 Å². The van der Waals surface area contributed by atoms with Gasteiger partial charge in [-0.25, -0.2) is 4.98 Å². The summed E-state index contributed by atoms with van der Waals surface area (Å²) in [7, 11) is 0. The zero-order valence-corrected chi connectivity index (χ0v) is 11.1. The largest absolute Gasteiger partial charge is 0.299 e. The predicted octanol–water partition coefficient (Wildman–Crippen LogP) is 4.40. The maximum atomic E-state index is 4.51. The highest BCUT2D eigenvalue weighted by atomic mass is 79.9. The lowest BCUT2D eigenvalue weighted by Gasteiger charge is -2.01. The van der Waals surface area contributed by atoms with E-state index < -0.39 is 0 Å². The van der Waals surface area contributed by atoms with E-state index >= 15 is 0 Å². The van der Waals surface area contributed by atoms with Crippen molar-refractivity contribution in [2.45, 2.75) is 0 Å². The molecule has 0 spiro atoms. The van der Waals surface area contributed by atoms with Crippen LogP contribution in [0.25, 0.3) is 27.3 Å². The molecule has 0 saturated carbocycles. The smallest absolute Gasteiger partial charge is 0.100 e. The van der Waals surface area contributed by atoms with Gasteiger partial charge in [0, 0.05) is 10.8 Å². The second-order valence-corrected chi connectivity index (χ2v) is 5.10. The number of halogens is 1. The molecule has 0 saturated heterocycles. The molecule has 0 unspecified atom stereocenters. The number of nitrogens with zero attached hydrogens (tertiary/aromatic N) is 2. The Bertz CT molecular complexity index is 893. The van der Waals surface area contributed by atoms with E-state index in [4.69, 9.17) is 0 Å². The molecule has 3 heteroatoms. The summed E-state index contributed by atoms with van der Waals surface area (Å²) in [5, 5.41) is 2.39. The molecule has 18 heavy (non-hydrogen) atoms. The van der Waals surface area contributed by atoms with Crippen LogP contribution in [0.1, 0.15) is 0 Å². The van der Waals surface area contributed by atoms with Gasteiger partial charge in [0.2, 0.25) is 0 Å². The topological polar surface area (TPSA) is 17.3 Å². The van der Waals surface area contributed by atoms with Crippen molar-refractivity contribution in [1.82, 2.24) is 9.38 Å². The second-order valence-electron chi connectivity index (χ2n) is 4.31. The number of hydrogen-bond donors (Lipinski definition) is 0. The summed E-state index contributed by atoms with van der Waals surface area (Å²) in [5.74, 6) is 0. The van der Waals surface area contributed by atoms with E-state index in [-0.39, 0.29) is 0 Å². The number of hydrogen-bond acceptors (Lipinski definition) is 1. The summed E-state index contributed by atoms with van der Waals surface area (Å²) in [6.45, 7) is 0. The Morgan fingerprint density at radius 3 is 2.50 bits per heavy atom. The molecular weight excluding hydrogens is 288 g/mol. The van der Waals surface area contributed by atoms with Crippen LogP contribution in [0.5, 0.6) is 0 Å². The van der Waals surface area contributed by atoms with Crippen LogP contribution in [-0.2, 0) is 0 Å². The van der Waals surface area contributed by atoms with Crippen molar-refractivity contribution in [3.8, 4) is 0 Å². The van der Waals surface area contributed by atoms with Crippen molar-refractivity contribution in [1.29, 1.82) is 0 Å². The first-order chi connectivity index (χ1) is 8.86. The Labute approximate surface area is 112 Å². The SMILES string of the molecule is Brc1c2ccccc2n2cnc3ccccc3c12. The molecule has 0 N–H and O–H groups in total. The summed E-state index contributed by atoms with van der Waals surface area (Å²) in [4.78, 5) is 4.51. The van der Waals surface area contributed by atoms with Gasteiger partial charge in [0.15, 0.2) is 0 Å². The van der Waals surface area contributed by atoms with Gasteiger partial charge in [-0.05, 0) is 28.1 Å². The van der Waals surface area contributed by atoms with Gasteiger partial charge >= 0.3 is 0 Å². The van der Waals surface area contributed by atoms with Crippen molar-refractivity contribution in [2.24, 2.45) is 0 Å². The molecule has 2 nitrogen and oxygen atoms in total. The molecular formula is C15H9BrN2. The summed E-state index contributed by atoms with van der Waals surface area (Å²) >= 11 is 3.72. The average Bonchev–Trinajstić information content (AvgIpc) is 2.73. The monoisotopic (exact) mass is 296 g/mol. The van der Waals surface area contributed by atoms with Crippen LogP contribution < -0.4 is 0 Å². The van der Waals surface area contributed by atoms with E-state index in [0.717, 1.165) is 9.99 Å². The molecule has 0 aliphatic rings. The zero-order valence-electron chi connectivity index (χ0n) is 9.47. The summed E-state index contributed by atoms with van der Waals surface area (Å²) < 4.78 is 3.28. The molecule has 0 aliphatic heterocycles. The van der Waals surface area contributed by atoms with E-state index in [1.54, 1.807) is 0 Å². The zero-order chi connectivity index (χ0) is 12.1. The maximum Gasteiger partial charge on any atom is 0.100 e. The summed E-state index contributed by atoms with van der Waals surface area (Å²) in [6, 6.07) is 16.6. The summed E-state index contributed by atoms with van der Waals surface area (Å²) in [6.07, 6.45) is 1.89. The molecule has 4 aromatic rings. The average molecular weight is 297 g/mol. The molecule has 4 rings (SSSR count). The third kappa shape index (κ3) is 1.20. The van der Waals surface area contributed by atoms with Gasteiger partial charge in [-0.2, -0.15) is 0 Å². The van der Waals surface area contributed by atoms with Gasteiger partial charge in [0.05, 0.1) is 21.0 Å². The van der Waals surface area contributed by atoms with Crippen molar-refractivity contribution in [3.05, 3.63) is 59.3 Å². The lowest BCUT2D eigenvalue weighted by atomic mass is 10.2. The minimum atomic E-state index is 1.02. The van der Waals surface area contributed by atoms with Gasteiger partial charge in [0.25, 0.3) is 0 Å². The third-order valence-electron chi connectivity index (χ3n) is 3.32. The Morgan fingerprint density at radius 1 is 0.889 bits per heavy atom. The van der Waals surface area contributed by atoms with E-state index in [9.17, 15) is 0 Å².